The number of carbonyl (C=O) groups excluding carboxylic acids is 2. The van der Waals surface area contributed by atoms with Crippen LogP contribution in [0.2, 0.25) is 0 Å². The van der Waals surface area contributed by atoms with Gasteiger partial charge in [0.1, 0.15) is 5.75 Å². The van der Waals surface area contributed by atoms with Gasteiger partial charge in [0.05, 0.1) is 7.11 Å². The van der Waals surface area contributed by atoms with Crippen molar-refractivity contribution in [2.75, 3.05) is 24.4 Å². The van der Waals surface area contributed by atoms with E-state index in [9.17, 15) is 9.59 Å². The second-order valence-corrected chi connectivity index (χ2v) is 5.51. The molecule has 0 aliphatic carbocycles. The summed E-state index contributed by atoms with van der Waals surface area (Å²) in [5.74, 6) is 0.300. The zero-order valence-corrected chi connectivity index (χ0v) is 13.6. The van der Waals surface area contributed by atoms with Crippen molar-refractivity contribution in [3.63, 3.8) is 0 Å². The minimum absolute atomic E-state index is 0.378. The molecule has 2 amide bonds. The Hall–Kier alpha value is -3.09. The van der Waals surface area contributed by atoms with Gasteiger partial charge in [0.15, 0.2) is 11.6 Å². The number of aromatic nitrogens is 1. The second-order valence-electron chi connectivity index (χ2n) is 5.51. The van der Waals surface area contributed by atoms with Crippen LogP contribution in [0.5, 0.6) is 11.5 Å². The summed E-state index contributed by atoms with van der Waals surface area (Å²) in [6, 6.07) is 10.2. The maximum Gasteiger partial charge on any atom is 0.281 e. The van der Waals surface area contributed by atoms with Gasteiger partial charge in [-0.05, 0) is 31.2 Å². The zero-order valence-electron chi connectivity index (χ0n) is 13.6. The van der Waals surface area contributed by atoms with Gasteiger partial charge < -0.3 is 14.8 Å². The number of ether oxygens (including phenoxy) is 2. The SMILES string of the molecule is COc1cccc(NC(=O)C2(C)Oc3cccnc3N(C)C2=O)c1. The van der Waals surface area contributed by atoms with E-state index in [4.69, 9.17) is 9.47 Å². The largest absolute Gasteiger partial charge is 0.497 e. The van der Waals surface area contributed by atoms with Crippen molar-refractivity contribution in [1.29, 1.82) is 0 Å². The predicted molar refractivity (Wildman–Crippen MR) is 88.3 cm³/mol. The van der Waals surface area contributed by atoms with Gasteiger partial charge in [-0.25, -0.2) is 4.98 Å². The molecule has 0 spiro atoms. The number of hydrogen-bond donors (Lipinski definition) is 1. The monoisotopic (exact) mass is 327 g/mol. The highest BCUT2D eigenvalue weighted by molar-refractivity contribution is 6.19. The number of nitrogens with zero attached hydrogens (tertiary/aromatic N) is 2. The van der Waals surface area contributed by atoms with Crippen LogP contribution in [0.3, 0.4) is 0 Å². The molecule has 3 rings (SSSR count). The molecule has 7 heteroatoms. The number of benzene rings is 1. The topological polar surface area (TPSA) is 80.8 Å². The van der Waals surface area contributed by atoms with Crippen LogP contribution in [0.25, 0.3) is 0 Å². The molecule has 2 heterocycles. The number of hydrogen-bond acceptors (Lipinski definition) is 5. The third-order valence-electron chi connectivity index (χ3n) is 3.86. The van der Waals surface area contributed by atoms with E-state index in [2.05, 4.69) is 10.3 Å². The van der Waals surface area contributed by atoms with Crippen LogP contribution in [0.1, 0.15) is 6.92 Å². The molecular weight excluding hydrogens is 310 g/mol. The summed E-state index contributed by atoms with van der Waals surface area (Å²) in [5.41, 5.74) is -1.18. The zero-order chi connectivity index (χ0) is 17.3. The van der Waals surface area contributed by atoms with E-state index in [0.717, 1.165) is 0 Å². The van der Waals surface area contributed by atoms with Crippen LogP contribution < -0.4 is 19.7 Å². The Balaban J connectivity index is 1.90. The number of likely N-dealkylation sites (N-methyl/N-ethyl adjacent to an activating group) is 1. The molecule has 1 aliphatic rings. The van der Waals surface area contributed by atoms with E-state index >= 15 is 0 Å². The molecule has 1 aliphatic heterocycles. The van der Waals surface area contributed by atoms with Gasteiger partial charge in [-0.2, -0.15) is 0 Å². The first-order valence-corrected chi connectivity index (χ1v) is 7.33. The molecule has 0 radical (unpaired) electrons. The highest BCUT2D eigenvalue weighted by Gasteiger charge is 2.50. The molecular formula is C17H17N3O4. The van der Waals surface area contributed by atoms with Crippen molar-refractivity contribution in [2.24, 2.45) is 0 Å². The number of methoxy groups -OCH3 is 1. The quantitative estimate of drug-likeness (QED) is 0.870. The summed E-state index contributed by atoms with van der Waals surface area (Å²) >= 11 is 0. The van der Waals surface area contributed by atoms with Crippen molar-refractivity contribution in [1.82, 2.24) is 4.98 Å². The molecule has 1 N–H and O–H groups in total. The van der Waals surface area contributed by atoms with Gasteiger partial charge in [-0.15, -0.1) is 0 Å². The van der Waals surface area contributed by atoms with Gasteiger partial charge >= 0.3 is 0 Å². The van der Waals surface area contributed by atoms with Crippen LogP contribution in [-0.4, -0.2) is 36.6 Å². The number of pyridine rings is 1. The fourth-order valence-electron chi connectivity index (χ4n) is 2.49. The van der Waals surface area contributed by atoms with E-state index in [0.29, 0.717) is 23.0 Å². The highest BCUT2D eigenvalue weighted by Crippen LogP contribution is 2.35. The molecule has 1 aromatic heterocycles. The summed E-state index contributed by atoms with van der Waals surface area (Å²) in [4.78, 5) is 30.8. The molecule has 1 aromatic carbocycles. The third kappa shape index (κ3) is 2.54. The smallest absolute Gasteiger partial charge is 0.281 e. The van der Waals surface area contributed by atoms with Crippen LogP contribution >= 0.6 is 0 Å². The Morgan fingerprint density at radius 3 is 2.88 bits per heavy atom. The third-order valence-corrected chi connectivity index (χ3v) is 3.86. The normalized spacial score (nSPS) is 19.3. The average molecular weight is 327 g/mol. The van der Waals surface area contributed by atoms with Crippen molar-refractivity contribution >= 4 is 23.3 Å². The van der Waals surface area contributed by atoms with Crippen molar-refractivity contribution in [2.45, 2.75) is 12.5 Å². The lowest BCUT2D eigenvalue weighted by Crippen LogP contribution is -2.60. The van der Waals surface area contributed by atoms with Gasteiger partial charge in [0.25, 0.3) is 17.4 Å². The Kier molecular flexibility index (Phi) is 3.84. The maximum absolute atomic E-state index is 12.7. The molecule has 1 unspecified atom stereocenters. The molecule has 0 fully saturated rings. The summed E-state index contributed by atoms with van der Waals surface area (Å²) < 4.78 is 10.8. The minimum Gasteiger partial charge on any atom is -0.497 e. The van der Waals surface area contributed by atoms with E-state index in [1.54, 1.807) is 49.6 Å². The summed E-state index contributed by atoms with van der Waals surface area (Å²) in [6.07, 6.45) is 1.56. The summed E-state index contributed by atoms with van der Waals surface area (Å²) in [5, 5.41) is 2.70. The van der Waals surface area contributed by atoms with E-state index < -0.39 is 17.4 Å². The molecule has 7 nitrogen and oxygen atoms in total. The lowest BCUT2D eigenvalue weighted by Gasteiger charge is -2.36. The summed E-state index contributed by atoms with van der Waals surface area (Å²) in [7, 11) is 3.10. The minimum atomic E-state index is -1.69. The first kappa shape index (κ1) is 15.8. The fourth-order valence-corrected chi connectivity index (χ4v) is 2.49. The molecule has 24 heavy (non-hydrogen) atoms. The van der Waals surface area contributed by atoms with Gasteiger partial charge in [-0.1, -0.05) is 6.07 Å². The number of anilines is 2. The maximum atomic E-state index is 12.7. The lowest BCUT2D eigenvalue weighted by molar-refractivity contribution is -0.145. The van der Waals surface area contributed by atoms with E-state index in [-0.39, 0.29) is 0 Å². The molecule has 0 saturated carbocycles. The van der Waals surface area contributed by atoms with Crippen LogP contribution in [0.15, 0.2) is 42.6 Å². The van der Waals surface area contributed by atoms with Crippen molar-refractivity contribution in [3.8, 4) is 11.5 Å². The Bertz CT molecular complexity index is 808. The second kappa shape index (κ2) is 5.84. The Morgan fingerprint density at radius 1 is 1.33 bits per heavy atom. The Labute approximate surface area is 139 Å². The van der Waals surface area contributed by atoms with Crippen molar-refractivity contribution < 1.29 is 19.1 Å². The first-order valence-electron chi connectivity index (χ1n) is 7.33. The van der Waals surface area contributed by atoms with Gasteiger partial charge in [-0.3, -0.25) is 14.5 Å². The molecule has 2 aromatic rings. The molecule has 0 saturated heterocycles. The van der Waals surface area contributed by atoms with Crippen molar-refractivity contribution in [3.05, 3.63) is 42.6 Å². The number of nitrogens with one attached hydrogen (secondary N) is 1. The number of fused-ring (bicyclic) bond motifs is 1. The van der Waals surface area contributed by atoms with Crippen LogP contribution in [0.4, 0.5) is 11.5 Å². The number of carbonyl (C=O) groups is 2. The standard InChI is InChI=1S/C17H17N3O4/c1-17(15(21)19-11-6-4-7-12(10-11)23-3)16(22)20(2)14-13(24-17)8-5-9-18-14/h4-10H,1-3H3,(H,19,21). The predicted octanol–water partition coefficient (Wildman–Crippen LogP) is 1.84. The van der Waals surface area contributed by atoms with Gasteiger partial charge in [0, 0.05) is 25.0 Å². The molecule has 124 valence electrons. The lowest BCUT2D eigenvalue weighted by atomic mass is 10.0. The summed E-state index contributed by atoms with van der Waals surface area (Å²) in [6.45, 7) is 1.44. The van der Waals surface area contributed by atoms with Crippen LogP contribution in [-0.2, 0) is 9.59 Å². The first-order chi connectivity index (χ1) is 11.5. The number of rotatable bonds is 3. The molecule has 1 atom stereocenters. The highest BCUT2D eigenvalue weighted by atomic mass is 16.5. The Morgan fingerprint density at radius 2 is 2.12 bits per heavy atom. The molecule has 0 bridgehead atoms. The van der Waals surface area contributed by atoms with Gasteiger partial charge in [0.2, 0.25) is 0 Å². The van der Waals surface area contributed by atoms with E-state index in [1.807, 2.05) is 0 Å². The average Bonchev–Trinajstić information content (AvgIpc) is 2.60. The van der Waals surface area contributed by atoms with Crippen LogP contribution in [0, 0.1) is 0 Å². The van der Waals surface area contributed by atoms with E-state index in [1.165, 1.54) is 18.9 Å². The number of amides is 2. The fraction of sp³-hybridized carbons (Fsp3) is 0.235.